The zero-order valence-corrected chi connectivity index (χ0v) is 10.9. The van der Waals surface area contributed by atoms with Gasteiger partial charge in [0.1, 0.15) is 0 Å². The summed E-state index contributed by atoms with van der Waals surface area (Å²) in [5.74, 6) is 0. The van der Waals surface area contributed by atoms with Gasteiger partial charge >= 0.3 is 0 Å². The smallest absolute Gasteiger partial charge is 0.270 e. The fourth-order valence-corrected chi connectivity index (χ4v) is 1.84. The lowest BCUT2D eigenvalue weighted by Gasteiger charge is -2.11. The van der Waals surface area contributed by atoms with E-state index in [0.29, 0.717) is 12.2 Å². The van der Waals surface area contributed by atoms with Crippen molar-refractivity contribution in [3.63, 3.8) is 0 Å². The zero-order chi connectivity index (χ0) is 15.4. The number of nitro groups is 1. The summed E-state index contributed by atoms with van der Waals surface area (Å²) in [7, 11) is 0. The van der Waals surface area contributed by atoms with E-state index in [1.54, 1.807) is 24.3 Å². The molecule has 0 aliphatic heterocycles. The van der Waals surface area contributed by atoms with Gasteiger partial charge in [-0.25, -0.2) is 8.78 Å². The molecule has 0 fully saturated rings. The number of anilines is 2. The standard InChI is InChI=1S/C14H13F2N3O2/c15-14(16)12-7-11(19(20)21)5-6-13(12)18-8-9-1-3-10(17)4-2-9/h1-7,14,18H,8,17H2. The summed E-state index contributed by atoms with van der Waals surface area (Å²) in [6, 6.07) is 10.3. The van der Waals surface area contributed by atoms with Crippen LogP contribution in [0.25, 0.3) is 0 Å². The Morgan fingerprint density at radius 3 is 2.43 bits per heavy atom. The SMILES string of the molecule is Nc1ccc(CNc2ccc([N+](=O)[O-])cc2C(F)F)cc1. The third-order valence-corrected chi connectivity index (χ3v) is 2.94. The van der Waals surface area contributed by atoms with Gasteiger partial charge < -0.3 is 11.1 Å². The van der Waals surface area contributed by atoms with Gasteiger partial charge in [0.15, 0.2) is 0 Å². The average Bonchev–Trinajstić information content (AvgIpc) is 2.46. The van der Waals surface area contributed by atoms with Gasteiger partial charge in [-0.2, -0.15) is 0 Å². The van der Waals surface area contributed by atoms with E-state index in [0.717, 1.165) is 11.6 Å². The predicted molar refractivity (Wildman–Crippen MR) is 76.2 cm³/mol. The molecule has 5 nitrogen and oxygen atoms in total. The summed E-state index contributed by atoms with van der Waals surface area (Å²) >= 11 is 0. The van der Waals surface area contributed by atoms with Gasteiger partial charge in [-0.3, -0.25) is 10.1 Å². The highest BCUT2D eigenvalue weighted by Crippen LogP contribution is 2.31. The second kappa shape index (κ2) is 6.17. The Morgan fingerprint density at radius 2 is 1.86 bits per heavy atom. The van der Waals surface area contributed by atoms with E-state index in [9.17, 15) is 18.9 Å². The minimum Gasteiger partial charge on any atom is -0.399 e. The molecule has 7 heteroatoms. The number of benzene rings is 2. The molecule has 2 aromatic rings. The molecule has 21 heavy (non-hydrogen) atoms. The van der Waals surface area contributed by atoms with E-state index in [1.165, 1.54) is 12.1 Å². The van der Waals surface area contributed by atoms with Crippen molar-refractivity contribution < 1.29 is 13.7 Å². The van der Waals surface area contributed by atoms with Gasteiger partial charge in [-0.1, -0.05) is 12.1 Å². The molecule has 2 aromatic carbocycles. The van der Waals surface area contributed by atoms with Crippen LogP contribution in [0.5, 0.6) is 0 Å². The van der Waals surface area contributed by atoms with Gasteiger partial charge in [-0.05, 0) is 23.8 Å². The van der Waals surface area contributed by atoms with Crippen LogP contribution in [0.1, 0.15) is 17.6 Å². The molecule has 110 valence electrons. The number of nitrogens with zero attached hydrogens (tertiary/aromatic N) is 1. The van der Waals surface area contributed by atoms with E-state index in [2.05, 4.69) is 5.32 Å². The molecule has 0 aromatic heterocycles. The van der Waals surface area contributed by atoms with Crippen LogP contribution in [0.4, 0.5) is 25.8 Å². The largest absolute Gasteiger partial charge is 0.399 e. The molecular weight excluding hydrogens is 280 g/mol. The number of nitro benzene ring substituents is 1. The molecule has 3 N–H and O–H groups in total. The third kappa shape index (κ3) is 3.65. The summed E-state index contributed by atoms with van der Waals surface area (Å²) < 4.78 is 25.9. The molecule has 0 saturated carbocycles. The Balaban J connectivity index is 2.19. The first-order chi connectivity index (χ1) is 9.97. The van der Waals surface area contributed by atoms with Gasteiger partial charge in [0.25, 0.3) is 12.1 Å². The van der Waals surface area contributed by atoms with Crippen molar-refractivity contribution in [2.45, 2.75) is 13.0 Å². The van der Waals surface area contributed by atoms with E-state index < -0.39 is 11.3 Å². The second-order valence-electron chi connectivity index (χ2n) is 4.42. The Kier molecular flexibility index (Phi) is 4.32. The van der Waals surface area contributed by atoms with Gasteiger partial charge in [0, 0.05) is 35.6 Å². The lowest BCUT2D eigenvalue weighted by atomic mass is 10.1. The highest BCUT2D eigenvalue weighted by atomic mass is 19.3. The molecule has 0 aliphatic rings. The van der Waals surface area contributed by atoms with Crippen LogP contribution < -0.4 is 11.1 Å². The molecular formula is C14H13F2N3O2. The first kappa shape index (κ1) is 14.7. The van der Waals surface area contributed by atoms with Crippen LogP contribution in [-0.2, 0) is 6.54 Å². The highest BCUT2D eigenvalue weighted by Gasteiger charge is 2.17. The molecule has 0 saturated heterocycles. The van der Waals surface area contributed by atoms with Crippen molar-refractivity contribution in [3.8, 4) is 0 Å². The molecule has 0 atom stereocenters. The summed E-state index contributed by atoms with van der Waals surface area (Å²) in [6.45, 7) is 0.317. The fourth-order valence-electron chi connectivity index (χ4n) is 1.84. The number of nitrogen functional groups attached to an aromatic ring is 1. The molecule has 0 heterocycles. The number of rotatable bonds is 5. The van der Waals surface area contributed by atoms with Crippen LogP contribution in [0.2, 0.25) is 0 Å². The number of alkyl halides is 2. The Labute approximate surface area is 119 Å². The lowest BCUT2D eigenvalue weighted by molar-refractivity contribution is -0.385. The van der Waals surface area contributed by atoms with Gasteiger partial charge in [0.05, 0.1) is 4.92 Å². The fraction of sp³-hybridized carbons (Fsp3) is 0.143. The molecule has 0 unspecified atom stereocenters. The summed E-state index contributed by atoms with van der Waals surface area (Å²) in [4.78, 5) is 9.93. The van der Waals surface area contributed by atoms with Crippen molar-refractivity contribution >= 4 is 17.1 Å². The summed E-state index contributed by atoms with van der Waals surface area (Å²) in [5.41, 5.74) is 6.46. The van der Waals surface area contributed by atoms with Crippen LogP contribution in [0.15, 0.2) is 42.5 Å². The maximum absolute atomic E-state index is 13.0. The minimum absolute atomic E-state index is 0.174. The first-order valence-electron chi connectivity index (χ1n) is 6.12. The van der Waals surface area contributed by atoms with E-state index in [-0.39, 0.29) is 16.9 Å². The first-order valence-corrected chi connectivity index (χ1v) is 6.12. The summed E-state index contributed by atoms with van der Waals surface area (Å²) in [5, 5.41) is 13.5. The van der Waals surface area contributed by atoms with E-state index in [4.69, 9.17) is 5.73 Å². The second-order valence-corrected chi connectivity index (χ2v) is 4.42. The number of nitrogens with two attached hydrogens (primary N) is 1. The van der Waals surface area contributed by atoms with Crippen molar-refractivity contribution in [1.82, 2.24) is 0 Å². The average molecular weight is 293 g/mol. The maximum Gasteiger partial charge on any atom is 0.270 e. The molecule has 0 spiro atoms. The predicted octanol–water partition coefficient (Wildman–Crippen LogP) is 3.73. The van der Waals surface area contributed by atoms with E-state index >= 15 is 0 Å². The van der Waals surface area contributed by atoms with Crippen molar-refractivity contribution in [3.05, 3.63) is 63.7 Å². The van der Waals surface area contributed by atoms with Crippen molar-refractivity contribution in [1.29, 1.82) is 0 Å². The van der Waals surface area contributed by atoms with Gasteiger partial charge in [0.2, 0.25) is 0 Å². The topological polar surface area (TPSA) is 81.2 Å². The molecule has 0 amide bonds. The van der Waals surface area contributed by atoms with Gasteiger partial charge in [-0.15, -0.1) is 0 Å². The van der Waals surface area contributed by atoms with E-state index in [1.807, 2.05) is 0 Å². The maximum atomic E-state index is 13.0. The number of hydrogen-bond acceptors (Lipinski definition) is 4. The minimum atomic E-state index is -2.79. The lowest BCUT2D eigenvalue weighted by Crippen LogP contribution is -2.03. The Bertz CT molecular complexity index is 645. The Hall–Kier alpha value is -2.70. The van der Waals surface area contributed by atoms with Crippen LogP contribution in [0.3, 0.4) is 0 Å². The third-order valence-electron chi connectivity index (χ3n) is 2.94. The quantitative estimate of drug-likeness (QED) is 0.500. The Morgan fingerprint density at radius 1 is 1.19 bits per heavy atom. The molecule has 0 bridgehead atoms. The monoisotopic (exact) mass is 293 g/mol. The van der Waals surface area contributed by atoms with Crippen molar-refractivity contribution in [2.24, 2.45) is 0 Å². The molecule has 0 radical (unpaired) electrons. The zero-order valence-electron chi connectivity index (χ0n) is 10.9. The highest BCUT2D eigenvalue weighted by molar-refractivity contribution is 5.57. The number of nitrogens with one attached hydrogen (secondary N) is 1. The summed E-state index contributed by atoms with van der Waals surface area (Å²) in [6.07, 6.45) is -2.79. The van der Waals surface area contributed by atoms with Crippen LogP contribution in [0, 0.1) is 10.1 Å². The number of halogens is 2. The van der Waals surface area contributed by atoms with Crippen molar-refractivity contribution in [2.75, 3.05) is 11.1 Å². The van der Waals surface area contributed by atoms with Crippen LogP contribution >= 0.6 is 0 Å². The normalized spacial score (nSPS) is 10.6. The van der Waals surface area contributed by atoms with Crippen LogP contribution in [-0.4, -0.2) is 4.92 Å². The number of hydrogen-bond donors (Lipinski definition) is 2. The number of non-ortho nitro benzene ring substituents is 1. The molecule has 2 rings (SSSR count). The molecule has 0 aliphatic carbocycles.